The Kier molecular flexibility index (Phi) is 3.34. The monoisotopic (exact) mass is 321 g/mol. The standard InChI is InChI=1S/C19H15NO4/c1-11-14-4-2-3-5-16(14)24-18(11)19(22)23-13-7-8-15-12(10-13)6-9-17(21)20-15/h2-5,7-8,10H,6,9H2,1H3,(H,20,21). The van der Waals surface area contributed by atoms with Gasteiger partial charge in [0, 0.05) is 23.1 Å². The van der Waals surface area contributed by atoms with Gasteiger partial charge in [0.1, 0.15) is 11.3 Å². The molecule has 5 heteroatoms. The molecule has 0 bridgehead atoms. The highest BCUT2D eigenvalue weighted by molar-refractivity contribution is 5.97. The van der Waals surface area contributed by atoms with E-state index in [1.807, 2.05) is 31.2 Å². The third-order valence-electron chi connectivity index (χ3n) is 4.21. The van der Waals surface area contributed by atoms with Gasteiger partial charge in [0.05, 0.1) is 0 Å². The molecule has 24 heavy (non-hydrogen) atoms. The lowest BCUT2D eigenvalue weighted by atomic mass is 10.0. The molecule has 0 saturated carbocycles. The third kappa shape index (κ3) is 2.44. The first-order chi connectivity index (χ1) is 11.6. The number of hydrogen-bond donors (Lipinski definition) is 1. The third-order valence-corrected chi connectivity index (χ3v) is 4.21. The first kappa shape index (κ1) is 14.5. The maximum Gasteiger partial charge on any atom is 0.379 e. The summed E-state index contributed by atoms with van der Waals surface area (Å²) in [6, 6.07) is 12.7. The molecule has 0 radical (unpaired) electrons. The molecule has 0 fully saturated rings. The van der Waals surface area contributed by atoms with Gasteiger partial charge in [-0.25, -0.2) is 4.79 Å². The van der Waals surface area contributed by atoms with Crippen LogP contribution in [0.1, 0.15) is 28.1 Å². The Morgan fingerprint density at radius 3 is 2.83 bits per heavy atom. The Balaban J connectivity index is 1.62. The Labute approximate surface area is 138 Å². The summed E-state index contributed by atoms with van der Waals surface area (Å²) in [6.07, 6.45) is 1.07. The molecule has 5 nitrogen and oxygen atoms in total. The van der Waals surface area contributed by atoms with Crippen LogP contribution < -0.4 is 10.1 Å². The van der Waals surface area contributed by atoms with Crippen LogP contribution in [0.15, 0.2) is 46.9 Å². The molecule has 1 aromatic heterocycles. The minimum atomic E-state index is -0.525. The summed E-state index contributed by atoms with van der Waals surface area (Å²) in [5.41, 5.74) is 3.16. The van der Waals surface area contributed by atoms with Gasteiger partial charge in [0.25, 0.3) is 0 Å². The number of anilines is 1. The molecule has 0 aliphatic carbocycles. The van der Waals surface area contributed by atoms with E-state index in [2.05, 4.69) is 5.32 Å². The maximum atomic E-state index is 12.4. The molecule has 0 spiro atoms. The predicted molar refractivity (Wildman–Crippen MR) is 89.3 cm³/mol. The van der Waals surface area contributed by atoms with Gasteiger partial charge >= 0.3 is 5.97 Å². The Morgan fingerprint density at radius 2 is 2.00 bits per heavy atom. The first-order valence-electron chi connectivity index (χ1n) is 7.75. The number of carbonyl (C=O) groups excluding carboxylic acids is 2. The minimum absolute atomic E-state index is 0.00476. The molecule has 1 aliphatic heterocycles. The summed E-state index contributed by atoms with van der Waals surface area (Å²) < 4.78 is 11.1. The van der Waals surface area contributed by atoms with Crippen molar-refractivity contribution in [3.05, 3.63) is 59.4 Å². The fourth-order valence-electron chi connectivity index (χ4n) is 2.95. The van der Waals surface area contributed by atoms with Gasteiger partial charge in [-0.2, -0.15) is 0 Å². The van der Waals surface area contributed by atoms with E-state index < -0.39 is 5.97 Å². The molecule has 2 aromatic carbocycles. The van der Waals surface area contributed by atoms with Crippen molar-refractivity contribution in [2.45, 2.75) is 19.8 Å². The van der Waals surface area contributed by atoms with Crippen LogP contribution in [0.25, 0.3) is 11.0 Å². The molecular weight excluding hydrogens is 306 g/mol. The number of furan rings is 1. The number of nitrogens with one attached hydrogen (secondary N) is 1. The van der Waals surface area contributed by atoms with Crippen molar-refractivity contribution in [1.82, 2.24) is 0 Å². The molecule has 1 aliphatic rings. The minimum Gasteiger partial charge on any atom is -0.449 e. The van der Waals surface area contributed by atoms with Crippen LogP contribution in [0.2, 0.25) is 0 Å². The number of ether oxygens (including phenoxy) is 1. The normalized spacial score (nSPS) is 13.5. The average molecular weight is 321 g/mol. The summed E-state index contributed by atoms with van der Waals surface area (Å²) in [4.78, 5) is 23.8. The van der Waals surface area contributed by atoms with E-state index in [1.165, 1.54) is 0 Å². The van der Waals surface area contributed by atoms with Crippen LogP contribution >= 0.6 is 0 Å². The van der Waals surface area contributed by atoms with Crippen molar-refractivity contribution in [2.75, 3.05) is 5.32 Å². The highest BCUT2D eigenvalue weighted by Crippen LogP contribution is 2.29. The number of amides is 1. The zero-order valence-electron chi connectivity index (χ0n) is 13.1. The van der Waals surface area contributed by atoms with E-state index in [9.17, 15) is 9.59 Å². The lowest BCUT2D eigenvalue weighted by Gasteiger charge is -2.17. The lowest BCUT2D eigenvalue weighted by Crippen LogP contribution is -2.19. The Hall–Kier alpha value is -3.08. The molecule has 3 aromatic rings. The van der Waals surface area contributed by atoms with E-state index in [0.717, 1.165) is 22.2 Å². The molecule has 2 heterocycles. The molecule has 0 unspecified atom stereocenters. The number of aryl methyl sites for hydroxylation is 2. The highest BCUT2D eigenvalue weighted by Gasteiger charge is 2.21. The van der Waals surface area contributed by atoms with E-state index in [1.54, 1.807) is 18.2 Å². The lowest BCUT2D eigenvalue weighted by molar-refractivity contribution is -0.116. The van der Waals surface area contributed by atoms with Crippen molar-refractivity contribution in [3.8, 4) is 5.75 Å². The quantitative estimate of drug-likeness (QED) is 0.575. The van der Waals surface area contributed by atoms with Crippen LogP contribution in [-0.4, -0.2) is 11.9 Å². The molecule has 1 N–H and O–H groups in total. The Bertz CT molecular complexity index is 971. The molecule has 4 rings (SSSR count). The number of esters is 1. The van der Waals surface area contributed by atoms with E-state index in [4.69, 9.17) is 9.15 Å². The maximum absolute atomic E-state index is 12.4. The van der Waals surface area contributed by atoms with Crippen molar-refractivity contribution in [2.24, 2.45) is 0 Å². The second kappa shape index (κ2) is 5.53. The topological polar surface area (TPSA) is 68.5 Å². The van der Waals surface area contributed by atoms with Crippen LogP contribution in [0.3, 0.4) is 0 Å². The SMILES string of the molecule is Cc1c(C(=O)Oc2ccc3c(c2)CCC(=O)N3)oc2ccccc12. The van der Waals surface area contributed by atoms with E-state index in [-0.39, 0.29) is 11.7 Å². The zero-order valence-corrected chi connectivity index (χ0v) is 13.1. The molecule has 120 valence electrons. The summed E-state index contributed by atoms with van der Waals surface area (Å²) in [7, 11) is 0. The van der Waals surface area contributed by atoms with Crippen LogP contribution in [0, 0.1) is 6.92 Å². The van der Waals surface area contributed by atoms with E-state index in [0.29, 0.717) is 24.2 Å². The number of rotatable bonds is 2. The fraction of sp³-hybridized carbons (Fsp3) is 0.158. The molecule has 0 atom stereocenters. The average Bonchev–Trinajstić information content (AvgIpc) is 2.92. The van der Waals surface area contributed by atoms with E-state index >= 15 is 0 Å². The van der Waals surface area contributed by atoms with Crippen LogP contribution in [0.4, 0.5) is 5.69 Å². The van der Waals surface area contributed by atoms with Gasteiger partial charge in [-0.05, 0) is 43.2 Å². The number of para-hydroxylation sites is 1. The van der Waals surface area contributed by atoms with Crippen molar-refractivity contribution in [1.29, 1.82) is 0 Å². The van der Waals surface area contributed by atoms with Gasteiger partial charge < -0.3 is 14.5 Å². The number of fused-ring (bicyclic) bond motifs is 2. The van der Waals surface area contributed by atoms with Gasteiger partial charge in [0.15, 0.2) is 0 Å². The smallest absolute Gasteiger partial charge is 0.379 e. The second-order valence-electron chi connectivity index (χ2n) is 5.81. The highest BCUT2D eigenvalue weighted by atomic mass is 16.5. The largest absolute Gasteiger partial charge is 0.449 e. The number of benzene rings is 2. The van der Waals surface area contributed by atoms with Crippen LogP contribution in [-0.2, 0) is 11.2 Å². The molecular formula is C19H15NO4. The Morgan fingerprint density at radius 1 is 1.17 bits per heavy atom. The summed E-state index contributed by atoms with van der Waals surface area (Å²) in [5.74, 6) is 0.130. The summed E-state index contributed by atoms with van der Waals surface area (Å²) in [6.45, 7) is 1.84. The van der Waals surface area contributed by atoms with Crippen molar-refractivity contribution >= 4 is 28.5 Å². The zero-order chi connectivity index (χ0) is 16.7. The first-order valence-corrected chi connectivity index (χ1v) is 7.75. The van der Waals surface area contributed by atoms with Crippen molar-refractivity contribution in [3.63, 3.8) is 0 Å². The van der Waals surface area contributed by atoms with Gasteiger partial charge in [-0.3, -0.25) is 4.79 Å². The summed E-state index contributed by atoms with van der Waals surface area (Å²) in [5, 5.41) is 3.70. The second-order valence-corrected chi connectivity index (χ2v) is 5.81. The van der Waals surface area contributed by atoms with Gasteiger partial charge in [0.2, 0.25) is 11.7 Å². The predicted octanol–water partition coefficient (Wildman–Crippen LogP) is 3.85. The van der Waals surface area contributed by atoms with Gasteiger partial charge in [-0.15, -0.1) is 0 Å². The number of hydrogen-bond acceptors (Lipinski definition) is 4. The fourth-order valence-corrected chi connectivity index (χ4v) is 2.95. The van der Waals surface area contributed by atoms with Gasteiger partial charge in [-0.1, -0.05) is 18.2 Å². The molecule has 0 saturated heterocycles. The van der Waals surface area contributed by atoms with Crippen molar-refractivity contribution < 1.29 is 18.7 Å². The molecule has 1 amide bonds. The summed E-state index contributed by atoms with van der Waals surface area (Å²) >= 11 is 0. The number of carbonyl (C=O) groups is 2. The van der Waals surface area contributed by atoms with Crippen LogP contribution in [0.5, 0.6) is 5.75 Å².